The van der Waals surface area contributed by atoms with Crippen molar-refractivity contribution in [3.05, 3.63) is 87.0 Å². The number of hydrogen-bond acceptors (Lipinski definition) is 5. The van der Waals surface area contributed by atoms with Crippen LogP contribution in [-0.4, -0.2) is 35.9 Å². The van der Waals surface area contributed by atoms with Gasteiger partial charge in [-0.2, -0.15) is 9.46 Å². The summed E-state index contributed by atoms with van der Waals surface area (Å²) in [7, 11) is -2.27. The summed E-state index contributed by atoms with van der Waals surface area (Å²) in [5, 5.41) is 8.35. The summed E-state index contributed by atoms with van der Waals surface area (Å²) < 4.78 is 36.1. The number of rotatable bonds is 3. The Bertz CT molecular complexity index is 1710. The minimum Gasteiger partial charge on any atom is -0.310 e. The van der Waals surface area contributed by atoms with Crippen molar-refractivity contribution in [2.24, 2.45) is 4.36 Å². The normalized spacial score (nSPS) is 20.8. The van der Waals surface area contributed by atoms with E-state index >= 15 is 0 Å². The first kappa shape index (κ1) is 22.9. The molecule has 0 radical (unpaired) electrons. The highest BCUT2D eigenvalue weighted by atomic mass is 32.2. The first-order valence-corrected chi connectivity index (χ1v) is 14.0. The molecule has 0 aliphatic carbocycles. The lowest BCUT2D eigenvalue weighted by Gasteiger charge is -2.21. The molecule has 36 heavy (non-hydrogen) atoms. The monoisotopic (exact) mass is 506 g/mol. The topological polar surface area (TPSA) is 86.2 Å². The van der Waals surface area contributed by atoms with Crippen LogP contribution in [0.2, 0.25) is 0 Å². The van der Waals surface area contributed by atoms with Gasteiger partial charge in [-0.3, -0.25) is 9.13 Å². The first-order chi connectivity index (χ1) is 17.1. The lowest BCUT2D eigenvalue weighted by atomic mass is 10.0. The molecule has 2 aliphatic rings. The fraction of sp³-hybridized carbons (Fsp3) is 0.308. The van der Waals surface area contributed by atoms with Gasteiger partial charge in [0.1, 0.15) is 11.6 Å². The SMILES string of the molecule is Cc1cc(-n2nc3c(c2-n2ccn(-c4ccc5c(c4)CS(C)(=O)=N5)c2=O)[C@H](C)NCC3)cc(C)c1F. The van der Waals surface area contributed by atoms with E-state index < -0.39 is 9.73 Å². The first-order valence-electron chi connectivity index (χ1n) is 11.9. The zero-order valence-electron chi connectivity index (χ0n) is 20.6. The molecule has 0 bridgehead atoms. The lowest BCUT2D eigenvalue weighted by molar-refractivity contribution is 0.536. The summed E-state index contributed by atoms with van der Waals surface area (Å²) in [6, 6.07) is 9.03. The van der Waals surface area contributed by atoms with Gasteiger partial charge in [0, 0.05) is 43.2 Å². The molecule has 4 heterocycles. The van der Waals surface area contributed by atoms with E-state index in [1.165, 1.54) is 0 Å². The lowest BCUT2D eigenvalue weighted by Crippen LogP contribution is -2.30. The van der Waals surface area contributed by atoms with Gasteiger partial charge < -0.3 is 5.32 Å². The molecule has 1 unspecified atom stereocenters. The zero-order chi connectivity index (χ0) is 25.4. The third kappa shape index (κ3) is 3.55. The number of fused-ring (bicyclic) bond motifs is 2. The number of hydrogen-bond donors (Lipinski definition) is 1. The van der Waals surface area contributed by atoms with Gasteiger partial charge >= 0.3 is 5.69 Å². The fourth-order valence-corrected chi connectivity index (χ4v) is 6.72. The molecular weight excluding hydrogens is 479 g/mol. The van der Waals surface area contributed by atoms with Gasteiger partial charge in [0.05, 0.1) is 38.2 Å². The maximum Gasteiger partial charge on any atom is 0.338 e. The van der Waals surface area contributed by atoms with E-state index in [-0.39, 0.29) is 17.5 Å². The Labute approximate surface area is 208 Å². The Morgan fingerprint density at radius 3 is 2.56 bits per heavy atom. The molecule has 8 nitrogen and oxygen atoms in total. The third-order valence-electron chi connectivity index (χ3n) is 6.95. The van der Waals surface area contributed by atoms with Gasteiger partial charge in [0.15, 0.2) is 0 Å². The van der Waals surface area contributed by atoms with Gasteiger partial charge in [-0.25, -0.2) is 18.1 Å². The number of aromatic nitrogens is 4. The van der Waals surface area contributed by atoms with Crippen LogP contribution in [0, 0.1) is 19.7 Å². The van der Waals surface area contributed by atoms with Gasteiger partial charge in [0.2, 0.25) is 0 Å². The van der Waals surface area contributed by atoms with Gasteiger partial charge in [-0.1, -0.05) is 0 Å². The van der Waals surface area contributed by atoms with Gasteiger partial charge in [0.25, 0.3) is 0 Å². The van der Waals surface area contributed by atoms with E-state index in [0.29, 0.717) is 39.8 Å². The number of benzene rings is 2. The van der Waals surface area contributed by atoms with Gasteiger partial charge in [-0.15, -0.1) is 0 Å². The van der Waals surface area contributed by atoms with Crippen molar-refractivity contribution >= 4 is 15.4 Å². The molecular formula is C26H27FN6O2S. The van der Waals surface area contributed by atoms with Crippen LogP contribution in [0.3, 0.4) is 0 Å². The molecule has 2 aliphatic heterocycles. The molecule has 186 valence electrons. The zero-order valence-corrected chi connectivity index (χ0v) is 21.4. The van der Waals surface area contributed by atoms with E-state index in [9.17, 15) is 13.4 Å². The minimum atomic E-state index is -2.27. The van der Waals surface area contributed by atoms with Crippen molar-refractivity contribution in [1.29, 1.82) is 0 Å². The molecule has 1 N–H and O–H groups in total. The Morgan fingerprint density at radius 2 is 1.81 bits per heavy atom. The Kier molecular flexibility index (Phi) is 5.10. The quantitative estimate of drug-likeness (QED) is 0.455. The predicted molar refractivity (Wildman–Crippen MR) is 138 cm³/mol. The molecule has 0 saturated carbocycles. The maximum absolute atomic E-state index is 14.4. The Morgan fingerprint density at radius 1 is 1.08 bits per heavy atom. The van der Waals surface area contributed by atoms with E-state index in [1.807, 2.05) is 18.2 Å². The summed E-state index contributed by atoms with van der Waals surface area (Å²) in [5.41, 5.74) is 5.66. The van der Waals surface area contributed by atoms with Crippen LogP contribution >= 0.6 is 0 Å². The summed E-state index contributed by atoms with van der Waals surface area (Å²) in [5.74, 6) is 0.778. The summed E-state index contributed by atoms with van der Waals surface area (Å²) in [6.07, 6.45) is 5.85. The molecule has 0 saturated heterocycles. The van der Waals surface area contributed by atoms with E-state index in [2.05, 4.69) is 16.6 Å². The highest BCUT2D eigenvalue weighted by Gasteiger charge is 2.29. The maximum atomic E-state index is 14.4. The molecule has 4 aromatic rings. The smallest absolute Gasteiger partial charge is 0.310 e. The van der Waals surface area contributed by atoms with Crippen LogP contribution in [0.5, 0.6) is 0 Å². The summed E-state index contributed by atoms with van der Waals surface area (Å²) in [6.45, 7) is 6.32. The molecule has 10 heteroatoms. The van der Waals surface area contributed by atoms with E-state index in [0.717, 1.165) is 29.8 Å². The largest absolute Gasteiger partial charge is 0.338 e. The molecule has 2 aromatic heterocycles. The van der Waals surface area contributed by atoms with E-state index in [4.69, 9.17) is 5.10 Å². The average molecular weight is 507 g/mol. The Balaban J connectivity index is 1.53. The second-order valence-corrected chi connectivity index (χ2v) is 12.1. The van der Waals surface area contributed by atoms with Crippen LogP contribution in [0.25, 0.3) is 17.2 Å². The average Bonchev–Trinajstić information content (AvgIpc) is 3.48. The number of imidazole rings is 1. The van der Waals surface area contributed by atoms with E-state index in [1.54, 1.807) is 58.4 Å². The number of nitrogens with zero attached hydrogens (tertiary/aromatic N) is 5. The van der Waals surface area contributed by atoms with Crippen molar-refractivity contribution in [2.45, 2.75) is 39.0 Å². The highest BCUT2D eigenvalue weighted by Crippen LogP contribution is 2.33. The predicted octanol–water partition coefficient (Wildman–Crippen LogP) is 4.02. The standard InChI is InChI=1S/C26H27FN6O2S/c1-15-11-20(12-16(2)24(15)27)33-25(23-17(3)28-8-7-22(23)29-33)32-10-9-31(26(32)34)19-5-6-21-18(13-19)14-36(4,35)30-21/h5-6,9-13,17,28H,7-8,14H2,1-4H3/t17-,36?/m0/s1. The van der Waals surface area contributed by atoms with Crippen molar-refractivity contribution in [3.8, 4) is 17.2 Å². The highest BCUT2D eigenvalue weighted by molar-refractivity contribution is 7.92. The molecule has 2 aromatic carbocycles. The number of halogens is 1. The van der Waals surface area contributed by atoms with Crippen LogP contribution in [0.15, 0.2) is 51.9 Å². The molecule has 0 spiro atoms. The van der Waals surface area contributed by atoms with Crippen LogP contribution in [-0.2, 0) is 21.9 Å². The fourth-order valence-electron chi connectivity index (χ4n) is 5.25. The molecule has 6 rings (SSSR count). The van der Waals surface area contributed by atoms with Crippen LogP contribution < -0.4 is 11.0 Å². The Hall–Kier alpha value is -3.50. The summed E-state index contributed by atoms with van der Waals surface area (Å²) in [4.78, 5) is 13.8. The van der Waals surface area contributed by atoms with Crippen molar-refractivity contribution in [2.75, 3.05) is 12.8 Å². The summed E-state index contributed by atoms with van der Waals surface area (Å²) >= 11 is 0. The van der Waals surface area contributed by atoms with Crippen LogP contribution in [0.4, 0.5) is 10.1 Å². The van der Waals surface area contributed by atoms with Gasteiger partial charge in [-0.05, 0) is 67.8 Å². The molecule has 0 fully saturated rings. The molecule has 2 atom stereocenters. The second-order valence-electron chi connectivity index (χ2n) is 9.74. The van der Waals surface area contributed by atoms with Crippen molar-refractivity contribution in [3.63, 3.8) is 0 Å². The van der Waals surface area contributed by atoms with Crippen molar-refractivity contribution in [1.82, 2.24) is 24.2 Å². The van der Waals surface area contributed by atoms with Crippen LogP contribution in [0.1, 0.15) is 40.9 Å². The van der Waals surface area contributed by atoms with Crippen molar-refractivity contribution < 1.29 is 8.60 Å². The number of aryl methyl sites for hydroxylation is 2. The second kappa shape index (κ2) is 8.01. The molecule has 0 amide bonds. The number of nitrogens with one attached hydrogen (secondary N) is 1. The third-order valence-corrected chi connectivity index (χ3v) is 8.37. The minimum absolute atomic E-state index is 0.00490.